The Morgan fingerprint density at radius 1 is 1.21 bits per heavy atom. The number of nitrogens with one attached hydrogen (secondary N) is 2. The fourth-order valence-corrected chi connectivity index (χ4v) is 4.79. The van der Waals surface area contributed by atoms with E-state index in [1.807, 2.05) is 13.8 Å². The molecule has 1 aromatic rings. The number of sulfonamides is 1. The summed E-state index contributed by atoms with van der Waals surface area (Å²) in [6.07, 6.45) is 4.16. The van der Waals surface area contributed by atoms with Gasteiger partial charge in [0.15, 0.2) is 5.78 Å². The van der Waals surface area contributed by atoms with Crippen LogP contribution in [-0.4, -0.2) is 55.9 Å². The molecule has 0 aromatic carbocycles. The van der Waals surface area contributed by atoms with E-state index in [1.54, 1.807) is 12.1 Å². The molecule has 0 atom stereocenters. The monoisotopic (exact) mass is 429 g/mol. The number of thiophene rings is 1. The molecule has 156 valence electrons. The van der Waals surface area contributed by atoms with Gasteiger partial charge in [-0.3, -0.25) is 14.5 Å². The Morgan fingerprint density at radius 3 is 2.43 bits per heavy atom. The van der Waals surface area contributed by atoms with Crippen molar-refractivity contribution in [2.45, 2.75) is 51.5 Å². The van der Waals surface area contributed by atoms with E-state index >= 15 is 0 Å². The van der Waals surface area contributed by atoms with Gasteiger partial charge in [-0.05, 0) is 31.4 Å². The van der Waals surface area contributed by atoms with Crippen molar-refractivity contribution in [1.29, 1.82) is 0 Å². The molecule has 0 bridgehead atoms. The van der Waals surface area contributed by atoms with E-state index in [2.05, 4.69) is 10.0 Å². The van der Waals surface area contributed by atoms with Gasteiger partial charge in [-0.15, -0.1) is 11.3 Å². The van der Waals surface area contributed by atoms with Crippen molar-refractivity contribution in [1.82, 2.24) is 14.9 Å². The van der Waals surface area contributed by atoms with Gasteiger partial charge < -0.3 is 5.32 Å². The van der Waals surface area contributed by atoms with Gasteiger partial charge in [0.05, 0.1) is 17.7 Å². The summed E-state index contributed by atoms with van der Waals surface area (Å²) in [5.41, 5.74) is -0.904. The minimum atomic E-state index is -3.25. The minimum Gasteiger partial charge on any atom is -0.323 e. The fraction of sp³-hybridized carbons (Fsp3) is 0.611. The lowest BCUT2D eigenvalue weighted by Gasteiger charge is -2.25. The van der Waals surface area contributed by atoms with Gasteiger partial charge in [0, 0.05) is 11.4 Å². The van der Waals surface area contributed by atoms with Crippen LogP contribution in [0.3, 0.4) is 0 Å². The van der Waals surface area contributed by atoms with Crippen molar-refractivity contribution >= 4 is 39.1 Å². The molecule has 28 heavy (non-hydrogen) atoms. The largest absolute Gasteiger partial charge is 0.325 e. The lowest BCUT2D eigenvalue weighted by molar-refractivity contribution is -0.131. The van der Waals surface area contributed by atoms with Crippen molar-refractivity contribution in [3.63, 3.8) is 0 Å². The van der Waals surface area contributed by atoms with Gasteiger partial charge in [0.1, 0.15) is 5.54 Å². The van der Waals surface area contributed by atoms with E-state index in [0.29, 0.717) is 24.1 Å². The summed E-state index contributed by atoms with van der Waals surface area (Å²) in [6.45, 7) is 3.87. The highest BCUT2D eigenvalue weighted by molar-refractivity contribution is 7.88. The summed E-state index contributed by atoms with van der Waals surface area (Å²) in [7, 11) is -3.25. The normalized spacial score (nSPS) is 16.5. The lowest BCUT2D eigenvalue weighted by atomic mass is 9.88. The number of hydrogen-bond donors (Lipinski definition) is 2. The predicted molar refractivity (Wildman–Crippen MR) is 108 cm³/mol. The average molecular weight is 430 g/mol. The van der Waals surface area contributed by atoms with Crippen molar-refractivity contribution < 1.29 is 22.8 Å². The van der Waals surface area contributed by atoms with E-state index < -0.39 is 21.6 Å². The summed E-state index contributed by atoms with van der Waals surface area (Å²) >= 11 is 1.24. The Kier molecular flexibility index (Phi) is 7.35. The first-order valence-electron chi connectivity index (χ1n) is 9.32. The molecule has 0 unspecified atom stereocenters. The topological polar surface area (TPSA) is 113 Å². The number of rotatable bonds is 11. The zero-order chi connectivity index (χ0) is 20.9. The third-order valence-corrected chi connectivity index (χ3v) is 6.49. The number of imide groups is 1. The Morgan fingerprint density at radius 2 is 1.86 bits per heavy atom. The molecule has 1 aromatic heterocycles. The van der Waals surface area contributed by atoms with E-state index in [9.17, 15) is 22.8 Å². The Balaban J connectivity index is 2.02. The highest BCUT2D eigenvalue weighted by Gasteiger charge is 2.50. The van der Waals surface area contributed by atoms with Crippen molar-refractivity contribution in [3.05, 3.63) is 21.9 Å². The van der Waals surface area contributed by atoms with Gasteiger partial charge in [0.25, 0.3) is 5.91 Å². The molecule has 3 amide bonds. The van der Waals surface area contributed by atoms with Crippen LogP contribution in [-0.2, 0) is 21.2 Å². The first-order chi connectivity index (χ1) is 13.1. The van der Waals surface area contributed by atoms with Crippen LogP contribution in [0.25, 0.3) is 0 Å². The molecule has 0 radical (unpaired) electrons. The molecular weight excluding hydrogens is 402 g/mol. The number of hydrogen-bond acceptors (Lipinski definition) is 6. The molecule has 10 heteroatoms. The molecule has 1 fully saturated rings. The summed E-state index contributed by atoms with van der Waals surface area (Å²) < 4.78 is 24.6. The van der Waals surface area contributed by atoms with Crippen LogP contribution in [0.2, 0.25) is 0 Å². The molecule has 1 aliphatic rings. The summed E-state index contributed by atoms with van der Waals surface area (Å²) in [4.78, 5) is 40.1. The highest BCUT2D eigenvalue weighted by atomic mass is 32.2. The third-order valence-electron chi connectivity index (χ3n) is 4.57. The number of urea groups is 1. The summed E-state index contributed by atoms with van der Waals surface area (Å²) in [5, 5.41) is 2.80. The number of carbonyl (C=O) groups is 3. The number of Topliss-reactive ketones (excluding diaryl/α,β-unsaturated/α-hetero) is 1. The van der Waals surface area contributed by atoms with Gasteiger partial charge in [-0.2, -0.15) is 0 Å². The zero-order valence-electron chi connectivity index (χ0n) is 16.4. The quantitative estimate of drug-likeness (QED) is 0.412. The second kappa shape index (κ2) is 9.15. The zero-order valence-corrected chi connectivity index (χ0v) is 18.0. The summed E-state index contributed by atoms with van der Waals surface area (Å²) in [5.74, 6) is -0.636. The molecule has 2 heterocycles. The number of nitrogens with zero attached hydrogens (tertiary/aromatic N) is 1. The molecule has 8 nitrogen and oxygen atoms in total. The molecule has 0 aliphatic carbocycles. The van der Waals surface area contributed by atoms with Crippen LogP contribution in [0.5, 0.6) is 0 Å². The van der Waals surface area contributed by atoms with Crippen LogP contribution in [0.15, 0.2) is 12.1 Å². The number of amides is 3. The molecule has 0 spiro atoms. The smallest absolute Gasteiger partial charge is 0.323 e. The molecule has 1 aliphatic heterocycles. The van der Waals surface area contributed by atoms with E-state index in [-0.39, 0.29) is 24.8 Å². The second-order valence-corrected chi connectivity index (χ2v) is 10.0. The van der Waals surface area contributed by atoms with Crippen LogP contribution < -0.4 is 10.0 Å². The molecule has 1 saturated heterocycles. The Hall–Kier alpha value is -1.78. The number of ketones is 1. The van der Waals surface area contributed by atoms with Crippen LogP contribution in [0, 0.1) is 0 Å². The average Bonchev–Trinajstić information content (AvgIpc) is 3.14. The first-order valence-corrected chi connectivity index (χ1v) is 12.0. The highest BCUT2D eigenvalue weighted by Crippen LogP contribution is 2.28. The number of carbonyl (C=O) groups excluding carboxylic acids is 3. The standard InChI is InChI=1S/C18H27N3O5S2/c1-4-9-18(10-5-2)16(23)21(17(24)20-18)12-14(22)15-7-6-13(27-15)8-11-19-28(3,25)26/h6-7,19H,4-5,8-12H2,1-3H3,(H,20,24). The lowest BCUT2D eigenvalue weighted by Crippen LogP contribution is -2.47. The first kappa shape index (κ1) is 22.5. The van der Waals surface area contributed by atoms with E-state index in [4.69, 9.17) is 0 Å². The van der Waals surface area contributed by atoms with Crippen molar-refractivity contribution in [2.75, 3.05) is 19.3 Å². The van der Waals surface area contributed by atoms with Gasteiger partial charge in [0.2, 0.25) is 10.0 Å². The fourth-order valence-electron chi connectivity index (χ4n) is 3.38. The van der Waals surface area contributed by atoms with Gasteiger partial charge in [-0.25, -0.2) is 17.9 Å². The van der Waals surface area contributed by atoms with Gasteiger partial charge >= 0.3 is 6.03 Å². The predicted octanol–water partition coefficient (Wildman–Crippen LogP) is 1.91. The van der Waals surface area contributed by atoms with Crippen LogP contribution in [0.1, 0.15) is 54.1 Å². The second-order valence-electron chi connectivity index (χ2n) is 7.01. The maximum atomic E-state index is 12.9. The van der Waals surface area contributed by atoms with Crippen molar-refractivity contribution in [2.24, 2.45) is 0 Å². The maximum Gasteiger partial charge on any atom is 0.325 e. The SMILES string of the molecule is CCCC1(CCC)NC(=O)N(CC(=O)c2ccc(CCNS(C)(=O)=O)s2)C1=O. The minimum absolute atomic E-state index is 0.247. The van der Waals surface area contributed by atoms with Crippen molar-refractivity contribution in [3.8, 4) is 0 Å². The van der Waals surface area contributed by atoms with Crippen LogP contribution >= 0.6 is 11.3 Å². The van der Waals surface area contributed by atoms with Gasteiger partial charge in [-0.1, -0.05) is 26.7 Å². The van der Waals surface area contributed by atoms with Crippen LogP contribution in [0.4, 0.5) is 4.79 Å². The van der Waals surface area contributed by atoms with E-state index in [1.165, 1.54) is 11.3 Å². The maximum absolute atomic E-state index is 12.9. The third kappa shape index (κ3) is 5.39. The molecule has 2 rings (SSSR count). The Labute approximate surface area is 169 Å². The summed E-state index contributed by atoms with van der Waals surface area (Å²) in [6, 6.07) is 2.88. The molecular formula is C18H27N3O5S2. The molecule has 0 saturated carbocycles. The Bertz CT molecular complexity index is 841. The van der Waals surface area contributed by atoms with E-state index in [0.717, 1.165) is 28.9 Å². The molecule has 2 N–H and O–H groups in total.